The SMILES string of the molecule is C[C@H]1CCC=C2C[C@H]3OC(=O)[C@@H](C[NH+]4CCN(c5ccccc5)CC4)[C@H]3[C@H](O)[C@@]21C. The van der Waals surface area contributed by atoms with Crippen LogP contribution in [0.15, 0.2) is 42.0 Å². The number of fused-ring (bicyclic) bond motifs is 2. The van der Waals surface area contributed by atoms with Gasteiger partial charge in [0.25, 0.3) is 0 Å². The number of allylic oxidation sites excluding steroid dienone is 1. The van der Waals surface area contributed by atoms with Crippen LogP contribution in [-0.4, -0.2) is 56.0 Å². The summed E-state index contributed by atoms with van der Waals surface area (Å²) in [6.07, 6.45) is 4.65. The number of aliphatic hydroxyl groups excluding tert-OH is 1. The van der Waals surface area contributed by atoms with E-state index in [0.717, 1.165) is 52.0 Å². The van der Waals surface area contributed by atoms with Gasteiger partial charge in [0.2, 0.25) is 0 Å². The number of anilines is 1. The number of carbonyl (C=O) groups excluding carboxylic acids is 1. The van der Waals surface area contributed by atoms with E-state index >= 15 is 0 Å². The van der Waals surface area contributed by atoms with Crippen molar-refractivity contribution >= 4 is 11.7 Å². The Bertz CT molecular complexity index is 817. The average Bonchev–Trinajstić information content (AvgIpc) is 3.07. The first-order valence-corrected chi connectivity index (χ1v) is 11.7. The lowest BCUT2D eigenvalue weighted by molar-refractivity contribution is -0.903. The molecule has 2 N–H and O–H groups in total. The van der Waals surface area contributed by atoms with Gasteiger partial charge in [0.05, 0.1) is 38.8 Å². The van der Waals surface area contributed by atoms with Crippen molar-refractivity contribution in [3.05, 3.63) is 42.0 Å². The highest BCUT2D eigenvalue weighted by Crippen LogP contribution is 2.55. The molecule has 0 aromatic heterocycles. The van der Waals surface area contributed by atoms with Crippen molar-refractivity contribution in [3.63, 3.8) is 0 Å². The minimum absolute atomic E-state index is 0.0696. The van der Waals surface area contributed by atoms with Crippen molar-refractivity contribution in [1.29, 1.82) is 0 Å². The highest BCUT2D eigenvalue weighted by molar-refractivity contribution is 5.76. The molecule has 5 heteroatoms. The zero-order valence-corrected chi connectivity index (χ0v) is 18.2. The van der Waals surface area contributed by atoms with Crippen LogP contribution in [0.2, 0.25) is 0 Å². The molecule has 2 aliphatic heterocycles. The predicted octanol–water partition coefficient (Wildman–Crippen LogP) is 1.68. The molecule has 1 aromatic rings. The van der Waals surface area contributed by atoms with Gasteiger partial charge >= 0.3 is 5.97 Å². The van der Waals surface area contributed by atoms with Gasteiger partial charge < -0.3 is 19.6 Å². The van der Waals surface area contributed by atoms with Gasteiger partial charge in [-0.3, -0.25) is 4.79 Å². The molecule has 2 aliphatic carbocycles. The van der Waals surface area contributed by atoms with Gasteiger partial charge in [0.15, 0.2) is 0 Å². The molecule has 0 radical (unpaired) electrons. The van der Waals surface area contributed by atoms with Crippen molar-refractivity contribution in [2.75, 3.05) is 37.6 Å². The monoisotopic (exact) mass is 411 g/mol. The molecule has 30 heavy (non-hydrogen) atoms. The van der Waals surface area contributed by atoms with Crippen LogP contribution in [0.5, 0.6) is 0 Å². The van der Waals surface area contributed by atoms with Crippen molar-refractivity contribution in [2.45, 2.75) is 45.3 Å². The van der Waals surface area contributed by atoms with Gasteiger partial charge in [-0.25, -0.2) is 0 Å². The van der Waals surface area contributed by atoms with Gasteiger partial charge in [0, 0.05) is 23.4 Å². The van der Waals surface area contributed by atoms with Crippen molar-refractivity contribution in [1.82, 2.24) is 0 Å². The molecule has 1 aromatic carbocycles. The lowest BCUT2D eigenvalue weighted by Crippen LogP contribution is -3.15. The first-order valence-electron chi connectivity index (χ1n) is 11.7. The first-order chi connectivity index (χ1) is 14.5. The van der Waals surface area contributed by atoms with Gasteiger partial charge in [-0.15, -0.1) is 0 Å². The molecule has 6 atom stereocenters. The van der Waals surface area contributed by atoms with E-state index in [4.69, 9.17) is 4.74 Å². The third-order valence-corrected chi connectivity index (χ3v) is 8.67. The van der Waals surface area contributed by atoms with Gasteiger partial charge in [-0.1, -0.05) is 43.7 Å². The molecule has 0 unspecified atom stereocenters. The normalized spacial score (nSPS) is 39.2. The molecule has 2 saturated heterocycles. The number of rotatable bonds is 3. The molecule has 4 aliphatic rings. The maximum atomic E-state index is 12.9. The Morgan fingerprint density at radius 3 is 2.70 bits per heavy atom. The highest BCUT2D eigenvalue weighted by Gasteiger charge is 2.60. The summed E-state index contributed by atoms with van der Waals surface area (Å²) < 4.78 is 5.85. The summed E-state index contributed by atoms with van der Waals surface area (Å²) in [5, 5.41) is 11.5. The smallest absolute Gasteiger partial charge is 0.315 e. The molecule has 5 nitrogen and oxygen atoms in total. The quantitative estimate of drug-likeness (QED) is 0.587. The number of ether oxygens (including phenoxy) is 1. The number of nitrogens with one attached hydrogen (secondary N) is 1. The van der Waals surface area contributed by atoms with E-state index in [2.05, 4.69) is 55.2 Å². The summed E-state index contributed by atoms with van der Waals surface area (Å²) in [5.74, 6) is 0.0970. The van der Waals surface area contributed by atoms with Crippen LogP contribution in [0.4, 0.5) is 5.69 Å². The van der Waals surface area contributed by atoms with Crippen molar-refractivity contribution in [3.8, 4) is 0 Å². The summed E-state index contributed by atoms with van der Waals surface area (Å²) >= 11 is 0. The number of quaternary nitrogens is 1. The molecule has 1 saturated carbocycles. The topological polar surface area (TPSA) is 54.2 Å². The zero-order valence-electron chi connectivity index (χ0n) is 18.2. The van der Waals surface area contributed by atoms with E-state index in [9.17, 15) is 9.90 Å². The Morgan fingerprint density at radius 1 is 1.23 bits per heavy atom. The lowest BCUT2D eigenvalue weighted by atomic mass is 9.55. The van der Waals surface area contributed by atoms with Crippen LogP contribution in [0.1, 0.15) is 33.1 Å². The fraction of sp³-hybridized carbons (Fsp3) is 0.640. The Labute approximate surface area is 179 Å². The largest absolute Gasteiger partial charge is 0.461 e. The number of para-hydroxylation sites is 1. The molecule has 3 fully saturated rings. The molecule has 0 bridgehead atoms. The predicted molar refractivity (Wildman–Crippen MR) is 116 cm³/mol. The number of carbonyl (C=O) groups is 1. The Balaban J connectivity index is 1.28. The molecular formula is C25H35N2O3+. The van der Waals surface area contributed by atoms with E-state index in [0.29, 0.717) is 5.92 Å². The second-order valence-electron chi connectivity index (χ2n) is 10.1. The minimum atomic E-state index is -0.501. The number of hydrogen-bond acceptors (Lipinski definition) is 4. The van der Waals surface area contributed by atoms with Crippen molar-refractivity contribution < 1.29 is 19.5 Å². The van der Waals surface area contributed by atoms with E-state index < -0.39 is 6.10 Å². The van der Waals surface area contributed by atoms with E-state index in [-0.39, 0.29) is 29.3 Å². The first kappa shape index (κ1) is 20.1. The standard InChI is InChI=1S/C25H34N2O3/c1-17-7-6-8-18-15-21-22(23(28)25(17,18)2)20(24(29)30-21)16-26-11-13-27(14-12-26)19-9-4-3-5-10-19/h3-5,8-10,17,20-23,28H,6-7,11-16H2,1-2H3/p+1/t17-,20-,21+,22+,23-,25+/m0/s1. The number of piperazine rings is 1. The number of hydrogen-bond donors (Lipinski definition) is 2. The van der Waals surface area contributed by atoms with Crippen molar-refractivity contribution in [2.24, 2.45) is 23.2 Å². The lowest BCUT2D eigenvalue weighted by Gasteiger charge is -2.51. The number of nitrogens with zero attached hydrogens (tertiary/aromatic N) is 1. The zero-order chi connectivity index (χ0) is 20.9. The molecule has 2 heterocycles. The third-order valence-electron chi connectivity index (χ3n) is 8.67. The second kappa shape index (κ2) is 7.69. The van der Waals surface area contributed by atoms with Gasteiger partial charge in [-0.2, -0.15) is 0 Å². The molecule has 162 valence electrons. The maximum absolute atomic E-state index is 12.9. The third kappa shape index (κ3) is 3.18. The fourth-order valence-electron chi connectivity index (χ4n) is 6.53. The van der Waals surface area contributed by atoms with Crippen LogP contribution in [-0.2, 0) is 9.53 Å². The number of esters is 1. The van der Waals surface area contributed by atoms with E-state index in [1.807, 2.05) is 0 Å². The second-order valence-corrected chi connectivity index (χ2v) is 10.1. The summed E-state index contributed by atoms with van der Waals surface area (Å²) in [6, 6.07) is 10.6. The highest BCUT2D eigenvalue weighted by atomic mass is 16.6. The Kier molecular flexibility index (Phi) is 5.14. The van der Waals surface area contributed by atoms with Gasteiger partial charge in [0.1, 0.15) is 12.0 Å². The molecule has 0 amide bonds. The summed E-state index contributed by atoms with van der Waals surface area (Å²) in [5.41, 5.74) is 2.37. The van der Waals surface area contributed by atoms with Crippen LogP contribution < -0.4 is 9.80 Å². The Morgan fingerprint density at radius 2 is 1.97 bits per heavy atom. The van der Waals surface area contributed by atoms with Crippen LogP contribution in [0, 0.1) is 23.2 Å². The van der Waals surface area contributed by atoms with Crippen LogP contribution in [0.3, 0.4) is 0 Å². The molecule has 5 rings (SSSR count). The van der Waals surface area contributed by atoms with Crippen LogP contribution >= 0.6 is 0 Å². The Hall–Kier alpha value is -1.85. The van der Waals surface area contributed by atoms with Crippen LogP contribution in [0.25, 0.3) is 0 Å². The van der Waals surface area contributed by atoms with E-state index in [1.165, 1.54) is 16.2 Å². The maximum Gasteiger partial charge on any atom is 0.315 e. The summed E-state index contributed by atoms with van der Waals surface area (Å²) in [4.78, 5) is 16.7. The molecule has 0 spiro atoms. The minimum Gasteiger partial charge on any atom is -0.461 e. The summed E-state index contributed by atoms with van der Waals surface area (Å²) in [6.45, 7) is 9.30. The van der Waals surface area contributed by atoms with Gasteiger partial charge in [-0.05, 0) is 30.9 Å². The summed E-state index contributed by atoms with van der Waals surface area (Å²) in [7, 11) is 0. The average molecular weight is 412 g/mol. The fourth-order valence-corrected chi connectivity index (χ4v) is 6.53. The number of benzene rings is 1. The van der Waals surface area contributed by atoms with E-state index in [1.54, 1.807) is 0 Å². The molecular weight excluding hydrogens is 376 g/mol. The number of aliphatic hydroxyl groups is 1.